The van der Waals surface area contributed by atoms with Gasteiger partial charge in [0, 0.05) is 11.6 Å². The van der Waals surface area contributed by atoms with E-state index < -0.39 is 0 Å². The van der Waals surface area contributed by atoms with E-state index in [9.17, 15) is 4.79 Å². The molecule has 4 fully saturated rings. The van der Waals surface area contributed by atoms with E-state index in [0.29, 0.717) is 11.2 Å². The van der Waals surface area contributed by atoms with Gasteiger partial charge in [-0.3, -0.25) is 4.79 Å². The SMILES string of the molecule is Cc1ccc(-c2nnn(CC(=O)N[C@H](C)C34CC5CC(CC(C5)C3)C4)n2)cc1. The highest BCUT2D eigenvalue weighted by atomic mass is 16.2. The fourth-order valence-corrected chi connectivity index (χ4v) is 6.41. The van der Waals surface area contributed by atoms with Crippen LogP contribution in [0.2, 0.25) is 0 Å². The minimum absolute atomic E-state index is 0.0175. The molecule has 4 aliphatic carbocycles. The molecule has 0 unspecified atom stereocenters. The molecule has 28 heavy (non-hydrogen) atoms. The van der Waals surface area contributed by atoms with Crippen LogP contribution in [-0.4, -0.2) is 32.2 Å². The summed E-state index contributed by atoms with van der Waals surface area (Å²) < 4.78 is 0. The molecule has 1 amide bonds. The number of nitrogens with one attached hydrogen (secondary N) is 1. The van der Waals surface area contributed by atoms with Crippen LogP contribution in [0, 0.1) is 30.1 Å². The molecule has 1 N–H and O–H groups in total. The number of aryl methyl sites for hydroxylation is 1. The predicted molar refractivity (Wildman–Crippen MR) is 106 cm³/mol. The molecule has 2 aromatic rings. The Kier molecular flexibility index (Phi) is 4.25. The van der Waals surface area contributed by atoms with Crippen molar-refractivity contribution in [1.29, 1.82) is 0 Å². The summed E-state index contributed by atoms with van der Waals surface area (Å²) >= 11 is 0. The molecule has 0 aliphatic heterocycles. The Morgan fingerprint density at radius 1 is 1.14 bits per heavy atom. The van der Waals surface area contributed by atoms with Crippen LogP contribution in [-0.2, 0) is 11.3 Å². The van der Waals surface area contributed by atoms with Gasteiger partial charge in [-0.1, -0.05) is 29.8 Å². The molecule has 6 heteroatoms. The minimum Gasteiger partial charge on any atom is -0.351 e. The molecule has 0 saturated heterocycles. The van der Waals surface area contributed by atoms with Gasteiger partial charge in [0.1, 0.15) is 6.54 Å². The van der Waals surface area contributed by atoms with E-state index in [1.807, 2.05) is 31.2 Å². The van der Waals surface area contributed by atoms with Crippen molar-refractivity contribution in [3.05, 3.63) is 29.8 Å². The lowest BCUT2D eigenvalue weighted by molar-refractivity contribution is -0.126. The lowest BCUT2D eigenvalue weighted by Gasteiger charge is -2.59. The average Bonchev–Trinajstić information content (AvgIpc) is 3.09. The van der Waals surface area contributed by atoms with Gasteiger partial charge in [0.15, 0.2) is 0 Å². The first-order valence-electron chi connectivity index (χ1n) is 10.6. The number of nitrogens with zero attached hydrogens (tertiary/aromatic N) is 4. The van der Waals surface area contributed by atoms with E-state index in [1.54, 1.807) is 0 Å². The normalized spacial score (nSPS) is 31.7. The van der Waals surface area contributed by atoms with E-state index in [1.165, 1.54) is 48.9 Å². The Labute approximate surface area is 166 Å². The van der Waals surface area contributed by atoms with E-state index in [4.69, 9.17) is 0 Å². The number of amides is 1. The zero-order valence-electron chi connectivity index (χ0n) is 16.8. The van der Waals surface area contributed by atoms with Gasteiger partial charge in [-0.15, -0.1) is 10.2 Å². The van der Waals surface area contributed by atoms with Crippen LogP contribution in [0.25, 0.3) is 11.4 Å². The van der Waals surface area contributed by atoms with Crippen molar-refractivity contribution in [3.63, 3.8) is 0 Å². The predicted octanol–water partition coefficient (Wildman–Crippen LogP) is 3.37. The summed E-state index contributed by atoms with van der Waals surface area (Å²) in [7, 11) is 0. The highest BCUT2D eigenvalue weighted by Crippen LogP contribution is 2.61. The quantitative estimate of drug-likeness (QED) is 0.864. The molecule has 1 atom stereocenters. The van der Waals surface area contributed by atoms with Crippen LogP contribution < -0.4 is 5.32 Å². The third kappa shape index (κ3) is 3.23. The van der Waals surface area contributed by atoms with Crippen molar-refractivity contribution in [1.82, 2.24) is 25.5 Å². The third-order valence-electron chi connectivity index (χ3n) is 7.43. The lowest BCUT2D eigenvalue weighted by Crippen LogP contribution is -2.56. The minimum atomic E-state index is -0.0175. The van der Waals surface area contributed by atoms with Crippen molar-refractivity contribution in [2.24, 2.45) is 23.2 Å². The number of hydrogen-bond acceptors (Lipinski definition) is 4. The maximum absolute atomic E-state index is 12.7. The van der Waals surface area contributed by atoms with Gasteiger partial charge in [0.2, 0.25) is 11.7 Å². The Morgan fingerprint density at radius 2 is 1.75 bits per heavy atom. The van der Waals surface area contributed by atoms with Gasteiger partial charge in [-0.2, -0.15) is 4.80 Å². The molecule has 4 bridgehead atoms. The topological polar surface area (TPSA) is 72.7 Å². The fraction of sp³-hybridized carbons (Fsp3) is 0.636. The van der Waals surface area contributed by atoms with E-state index in [2.05, 4.69) is 27.7 Å². The van der Waals surface area contributed by atoms with Gasteiger partial charge in [0.25, 0.3) is 0 Å². The van der Waals surface area contributed by atoms with Crippen LogP contribution in [0.15, 0.2) is 24.3 Å². The smallest absolute Gasteiger partial charge is 0.243 e. The second-order valence-corrected chi connectivity index (χ2v) is 9.58. The van der Waals surface area contributed by atoms with E-state index in [-0.39, 0.29) is 18.5 Å². The van der Waals surface area contributed by atoms with Crippen LogP contribution in [0.5, 0.6) is 0 Å². The van der Waals surface area contributed by atoms with Gasteiger partial charge in [0.05, 0.1) is 0 Å². The summed E-state index contributed by atoms with van der Waals surface area (Å²) in [6.45, 7) is 4.37. The molecule has 148 valence electrons. The standard InChI is InChI=1S/C22H29N5O/c1-14-3-5-19(6-4-14)21-24-26-27(25-21)13-20(28)23-15(2)22-10-16-7-17(11-22)9-18(8-16)12-22/h3-6,15-18H,7-13H2,1-2H3,(H,23,28)/t15-,16?,17?,18?,22?/m1/s1. The number of aromatic nitrogens is 4. The first-order valence-corrected chi connectivity index (χ1v) is 10.6. The first kappa shape index (κ1) is 17.8. The van der Waals surface area contributed by atoms with Crippen LogP contribution >= 0.6 is 0 Å². The number of carbonyl (C=O) groups is 1. The molecule has 1 aromatic heterocycles. The van der Waals surface area contributed by atoms with E-state index >= 15 is 0 Å². The summed E-state index contributed by atoms with van der Waals surface area (Å²) in [5.74, 6) is 3.21. The summed E-state index contributed by atoms with van der Waals surface area (Å²) in [6, 6.07) is 8.22. The van der Waals surface area contributed by atoms with Crippen molar-refractivity contribution in [3.8, 4) is 11.4 Å². The molecular weight excluding hydrogens is 350 g/mol. The summed E-state index contributed by atoms with van der Waals surface area (Å²) in [5, 5.41) is 15.8. The number of carbonyl (C=O) groups excluding carboxylic acids is 1. The Bertz CT molecular complexity index is 836. The van der Waals surface area contributed by atoms with Crippen LogP contribution in [0.1, 0.15) is 51.0 Å². The molecule has 1 heterocycles. The Hall–Kier alpha value is -2.24. The molecular formula is C22H29N5O. The number of benzene rings is 1. The Morgan fingerprint density at radius 3 is 2.36 bits per heavy atom. The molecule has 4 saturated carbocycles. The molecule has 6 rings (SSSR count). The van der Waals surface area contributed by atoms with Gasteiger partial charge >= 0.3 is 0 Å². The van der Waals surface area contributed by atoms with Crippen molar-refractivity contribution >= 4 is 5.91 Å². The van der Waals surface area contributed by atoms with Gasteiger partial charge in [-0.05, 0) is 80.8 Å². The summed E-state index contributed by atoms with van der Waals surface area (Å²) in [5.41, 5.74) is 2.42. The highest BCUT2D eigenvalue weighted by molar-refractivity contribution is 5.76. The molecule has 6 nitrogen and oxygen atoms in total. The highest BCUT2D eigenvalue weighted by Gasteiger charge is 2.53. The van der Waals surface area contributed by atoms with Crippen molar-refractivity contribution in [2.75, 3.05) is 0 Å². The van der Waals surface area contributed by atoms with Crippen molar-refractivity contribution in [2.45, 2.75) is 65.0 Å². The summed E-state index contributed by atoms with van der Waals surface area (Å²) in [4.78, 5) is 14.1. The zero-order valence-corrected chi connectivity index (χ0v) is 16.8. The van der Waals surface area contributed by atoms with Crippen LogP contribution in [0.3, 0.4) is 0 Å². The van der Waals surface area contributed by atoms with Crippen molar-refractivity contribution < 1.29 is 4.79 Å². The number of tetrazole rings is 1. The van der Waals surface area contributed by atoms with Gasteiger partial charge in [-0.25, -0.2) is 0 Å². The zero-order chi connectivity index (χ0) is 19.3. The number of hydrogen-bond donors (Lipinski definition) is 1. The molecule has 0 radical (unpaired) electrons. The largest absolute Gasteiger partial charge is 0.351 e. The monoisotopic (exact) mass is 379 g/mol. The molecule has 4 aliphatic rings. The molecule has 0 spiro atoms. The van der Waals surface area contributed by atoms with E-state index in [0.717, 1.165) is 23.3 Å². The number of rotatable bonds is 5. The average molecular weight is 380 g/mol. The maximum Gasteiger partial charge on any atom is 0.243 e. The Balaban J connectivity index is 1.22. The lowest BCUT2D eigenvalue weighted by atomic mass is 9.48. The summed E-state index contributed by atoms with van der Waals surface area (Å²) in [6.07, 6.45) is 8.14. The first-order chi connectivity index (χ1) is 13.5. The molecule has 1 aromatic carbocycles. The maximum atomic E-state index is 12.7. The fourth-order valence-electron chi connectivity index (χ4n) is 6.41. The van der Waals surface area contributed by atoms with Gasteiger partial charge < -0.3 is 5.32 Å². The third-order valence-corrected chi connectivity index (χ3v) is 7.43. The second-order valence-electron chi connectivity index (χ2n) is 9.58. The van der Waals surface area contributed by atoms with Crippen LogP contribution in [0.4, 0.5) is 0 Å². The second kappa shape index (κ2) is 6.68.